The Morgan fingerprint density at radius 3 is 2.67 bits per heavy atom. The number of esters is 1. The third kappa shape index (κ3) is 2.24. The van der Waals surface area contributed by atoms with Crippen molar-refractivity contribution in [3.8, 4) is 5.75 Å². The van der Waals surface area contributed by atoms with Crippen molar-refractivity contribution < 1.29 is 19.6 Å². The Kier molecular flexibility index (Phi) is 3.25. The highest BCUT2D eigenvalue weighted by Gasteiger charge is 2.20. The average molecular weight is 276 g/mol. The van der Waals surface area contributed by atoms with E-state index >= 15 is 0 Å². The molecule has 1 rings (SSSR count). The van der Waals surface area contributed by atoms with Gasteiger partial charge in [-0.3, -0.25) is 10.1 Å². The van der Waals surface area contributed by atoms with Crippen LogP contribution >= 0.6 is 15.9 Å². The predicted molar refractivity (Wildman–Crippen MR) is 53.8 cm³/mol. The third-order valence-corrected chi connectivity index (χ3v) is 2.30. The number of nitro benzene ring substituents is 1. The molecule has 0 aromatic heterocycles. The topological polar surface area (TPSA) is 89.7 Å². The van der Waals surface area contributed by atoms with Crippen molar-refractivity contribution in [2.75, 3.05) is 7.11 Å². The number of hydrogen-bond acceptors (Lipinski definition) is 5. The fraction of sp³-hybridized carbons (Fsp3) is 0.125. The second-order valence-electron chi connectivity index (χ2n) is 2.57. The summed E-state index contributed by atoms with van der Waals surface area (Å²) in [5, 5.41) is 19.8. The van der Waals surface area contributed by atoms with E-state index in [0.29, 0.717) is 0 Å². The lowest BCUT2D eigenvalue weighted by Gasteiger charge is -2.03. The molecular formula is C8H6BrNO5. The van der Waals surface area contributed by atoms with Crippen molar-refractivity contribution in [2.24, 2.45) is 0 Å². The molecule has 0 aliphatic carbocycles. The first-order valence-electron chi connectivity index (χ1n) is 3.72. The first kappa shape index (κ1) is 11.4. The Bertz CT molecular complexity index is 431. The third-order valence-electron chi connectivity index (χ3n) is 1.67. The van der Waals surface area contributed by atoms with Gasteiger partial charge in [-0.25, -0.2) is 4.79 Å². The molecule has 0 saturated carbocycles. The minimum atomic E-state index is -0.761. The van der Waals surface area contributed by atoms with Crippen LogP contribution in [0.15, 0.2) is 16.6 Å². The lowest BCUT2D eigenvalue weighted by molar-refractivity contribution is -0.385. The van der Waals surface area contributed by atoms with E-state index < -0.39 is 16.6 Å². The zero-order chi connectivity index (χ0) is 11.6. The molecule has 0 fully saturated rings. The van der Waals surface area contributed by atoms with E-state index in [1.54, 1.807) is 0 Å². The molecule has 1 N–H and O–H groups in total. The van der Waals surface area contributed by atoms with Gasteiger partial charge in [0.15, 0.2) is 0 Å². The zero-order valence-corrected chi connectivity index (χ0v) is 9.15. The number of phenolic OH excluding ortho intramolecular Hbond substituents is 1. The summed E-state index contributed by atoms with van der Waals surface area (Å²) in [6, 6.07) is 2.02. The highest BCUT2D eigenvalue weighted by atomic mass is 79.9. The van der Waals surface area contributed by atoms with Gasteiger partial charge in [0, 0.05) is 0 Å². The van der Waals surface area contributed by atoms with Gasteiger partial charge in [-0.15, -0.1) is 0 Å². The zero-order valence-electron chi connectivity index (χ0n) is 7.56. The largest absolute Gasteiger partial charge is 0.507 e. The van der Waals surface area contributed by atoms with Crippen LogP contribution in [-0.4, -0.2) is 23.1 Å². The Labute approximate surface area is 92.8 Å². The number of carbonyl (C=O) groups is 1. The summed E-state index contributed by atoms with van der Waals surface area (Å²) in [7, 11) is 1.15. The number of rotatable bonds is 2. The van der Waals surface area contributed by atoms with Crippen LogP contribution < -0.4 is 0 Å². The van der Waals surface area contributed by atoms with E-state index in [-0.39, 0.29) is 15.7 Å². The number of benzene rings is 1. The molecule has 0 saturated heterocycles. The maximum Gasteiger partial charge on any atom is 0.341 e. The van der Waals surface area contributed by atoms with Crippen LogP contribution in [0.5, 0.6) is 5.75 Å². The van der Waals surface area contributed by atoms with Crippen LogP contribution in [0.4, 0.5) is 5.69 Å². The smallest absolute Gasteiger partial charge is 0.341 e. The number of nitrogens with zero attached hydrogens (tertiary/aromatic N) is 1. The molecule has 0 aliphatic heterocycles. The van der Waals surface area contributed by atoms with E-state index in [9.17, 15) is 20.0 Å². The van der Waals surface area contributed by atoms with Crippen LogP contribution in [0, 0.1) is 10.1 Å². The Morgan fingerprint density at radius 1 is 1.60 bits per heavy atom. The van der Waals surface area contributed by atoms with E-state index in [1.165, 1.54) is 0 Å². The number of aromatic hydroxyl groups is 1. The summed E-state index contributed by atoms with van der Waals surface area (Å²) in [6.45, 7) is 0. The molecule has 1 aromatic rings. The van der Waals surface area contributed by atoms with Crippen molar-refractivity contribution in [3.05, 3.63) is 32.3 Å². The number of methoxy groups -OCH3 is 1. The Morgan fingerprint density at radius 2 is 2.20 bits per heavy atom. The summed E-state index contributed by atoms with van der Waals surface area (Å²) in [4.78, 5) is 20.9. The highest BCUT2D eigenvalue weighted by Crippen LogP contribution is 2.32. The molecule has 0 aliphatic rings. The lowest BCUT2D eigenvalue weighted by atomic mass is 10.2. The second kappa shape index (κ2) is 4.26. The average Bonchev–Trinajstić information content (AvgIpc) is 2.19. The van der Waals surface area contributed by atoms with E-state index in [0.717, 1.165) is 19.2 Å². The molecule has 0 amide bonds. The van der Waals surface area contributed by atoms with Crippen LogP contribution in [0.1, 0.15) is 10.4 Å². The Hall–Kier alpha value is -1.63. The molecule has 80 valence electrons. The number of ether oxygens (including phenoxy) is 1. The normalized spacial score (nSPS) is 9.73. The molecular weight excluding hydrogens is 270 g/mol. The lowest BCUT2D eigenvalue weighted by Crippen LogP contribution is -2.02. The molecule has 0 heterocycles. The first-order valence-corrected chi connectivity index (χ1v) is 4.52. The number of nitro groups is 1. The van der Waals surface area contributed by atoms with Gasteiger partial charge in [-0.05, 0) is 22.0 Å². The van der Waals surface area contributed by atoms with Gasteiger partial charge < -0.3 is 9.84 Å². The quantitative estimate of drug-likeness (QED) is 0.505. The molecule has 0 radical (unpaired) electrons. The minimum absolute atomic E-state index is 0.103. The van der Waals surface area contributed by atoms with Gasteiger partial charge in [0.1, 0.15) is 11.3 Å². The summed E-state index contributed by atoms with van der Waals surface area (Å²) in [5.41, 5.74) is -0.449. The fourth-order valence-electron chi connectivity index (χ4n) is 0.964. The molecule has 6 nitrogen and oxygen atoms in total. The van der Waals surface area contributed by atoms with Crippen molar-refractivity contribution in [1.82, 2.24) is 0 Å². The number of hydrogen-bond donors (Lipinski definition) is 1. The maximum atomic E-state index is 11.1. The van der Waals surface area contributed by atoms with Crippen LogP contribution in [0.25, 0.3) is 0 Å². The number of phenols is 1. The highest BCUT2D eigenvalue weighted by molar-refractivity contribution is 9.10. The molecule has 1 aromatic carbocycles. The van der Waals surface area contributed by atoms with Gasteiger partial charge in [0.25, 0.3) is 5.69 Å². The molecule has 0 bridgehead atoms. The maximum absolute atomic E-state index is 11.1. The monoisotopic (exact) mass is 275 g/mol. The van der Waals surface area contributed by atoms with Crippen molar-refractivity contribution in [2.45, 2.75) is 0 Å². The van der Waals surface area contributed by atoms with Crippen LogP contribution in [0.2, 0.25) is 0 Å². The van der Waals surface area contributed by atoms with Crippen molar-refractivity contribution in [3.63, 3.8) is 0 Å². The molecule has 0 unspecified atom stereocenters. The van der Waals surface area contributed by atoms with Gasteiger partial charge in [0.05, 0.1) is 22.6 Å². The van der Waals surface area contributed by atoms with Crippen LogP contribution in [-0.2, 0) is 4.74 Å². The number of halogens is 1. The second-order valence-corrected chi connectivity index (χ2v) is 3.42. The summed E-state index contributed by atoms with van der Waals surface area (Å²) >= 11 is 2.92. The van der Waals surface area contributed by atoms with Gasteiger partial charge in [-0.2, -0.15) is 0 Å². The Balaban J connectivity index is 3.31. The number of carbonyl (C=O) groups excluding carboxylic acids is 1. The van der Waals surface area contributed by atoms with Crippen molar-refractivity contribution >= 4 is 27.6 Å². The minimum Gasteiger partial charge on any atom is -0.507 e. The van der Waals surface area contributed by atoms with Gasteiger partial charge in [0.2, 0.25) is 0 Å². The summed E-state index contributed by atoms with van der Waals surface area (Å²) < 4.78 is 4.49. The molecule has 7 heteroatoms. The molecule has 0 spiro atoms. The standard InChI is InChI=1S/C8H6BrNO5/c1-15-8(12)4-2-5(9)6(10(13)14)3-7(4)11/h2-3,11H,1H3. The summed E-state index contributed by atoms with van der Waals surface area (Å²) in [5.74, 6) is -1.25. The fourth-order valence-corrected chi connectivity index (χ4v) is 1.45. The van der Waals surface area contributed by atoms with E-state index in [2.05, 4.69) is 20.7 Å². The van der Waals surface area contributed by atoms with Crippen LogP contribution in [0.3, 0.4) is 0 Å². The van der Waals surface area contributed by atoms with Gasteiger partial charge >= 0.3 is 5.97 Å². The predicted octanol–water partition coefficient (Wildman–Crippen LogP) is 1.85. The summed E-state index contributed by atoms with van der Waals surface area (Å²) in [6.07, 6.45) is 0. The van der Waals surface area contributed by atoms with Crippen molar-refractivity contribution in [1.29, 1.82) is 0 Å². The molecule has 0 atom stereocenters. The van der Waals surface area contributed by atoms with Gasteiger partial charge in [-0.1, -0.05) is 0 Å². The first-order chi connectivity index (χ1) is 6.97. The molecule has 15 heavy (non-hydrogen) atoms. The van der Waals surface area contributed by atoms with E-state index in [4.69, 9.17) is 0 Å². The van der Waals surface area contributed by atoms with E-state index in [1.807, 2.05) is 0 Å². The SMILES string of the molecule is COC(=O)c1cc(Br)c([N+](=O)[O-])cc1O.